The fourth-order valence-corrected chi connectivity index (χ4v) is 1.93. The van der Waals surface area contributed by atoms with Crippen molar-refractivity contribution >= 4 is 17.8 Å². The first-order valence-electron chi connectivity index (χ1n) is 7.84. The van der Waals surface area contributed by atoms with E-state index in [0.717, 1.165) is 6.07 Å². The van der Waals surface area contributed by atoms with Gasteiger partial charge < -0.3 is 20.1 Å². The van der Waals surface area contributed by atoms with Gasteiger partial charge >= 0.3 is 5.97 Å². The molecule has 0 aliphatic heterocycles. The summed E-state index contributed by atoms with van der Waals surface area (Å²) in [5.41, 5.74) is -0.168. The summed E-state index contributed by atoms with van der Waals surface area (Å²) in [6.07, 6.45) is 0. The highest BCUT2D eigenvalue weighted by Crippen LogP contribution is 2.09. The molecule has 7 nitrogen and oxygen atoms in total. The van der Waals surface area contributed by atoms with E-state index in [-0.39, 0.29) is 11.5 Å². The summed E-state index contributed by atoms with van der Waals surface area (Å²) in [6.45, 7) is 3.57. The molecule has 0 bridgehead atoms. The molecule has 1 aromatic rings. The summed E-state index contributed by atoms with van der Waals surface area (Å²) >= 11 is 0. The lowest BCUT2D eigenvalue weighted by Gasteiger charge is -2.21. The van der Waals surface area contributed by atoms with Crippen molar-refractivity contribution < 1.29 is 28.2 Å². The van der Waals surface area contributed by atoms with Crippen molar-refractivity contribution in [1.82, 2.24) is 10.6 Å². The average molecular weight is 354 g/mol. The molecule has 0 heterocycles. The van der Waals surface area contributed by atoms with Crippen molar-refractivity contribution in [1.29, 1.82) is 0 Å². The minimum atomic E-state index is -1.00. The molecule has 1 rings (SSSR count). The second-order valence-corrected chi connectivity index (χ2v) is 5.63. The van der Waals surface area contributed by atoms with Crippen LogP contribution in [0.5, 0.6) is 0 Å². The Kier molecular flexibility index (Phi) is 8.55. The third-order valence-corrected chi connectivity index (χ3v) is 3.30. The summed E-state index contributed by atoms with van der Waals surface area (Å²) in [5.74, 6) is -2.96. The smallest absolute Gasteiger partial charge is 0.329 e. The minimum absolute atomic E-state index is 0.168. The van der Waals surface area contributed by atoms with Crippen molar-refractivity contribution in [3.05, 3.63) is 35.6 Å². The number of ether oxygens (including phenoxy) is 2. The highest BCUT2D eigenvalue weighted by Gasteiger charge is 2.27. The first kappa shape index (κ1) is 20.6. The zero-order valence-electron chi connectivity index (χ0n) is 14.5. The molecule has 0 spiro atoms. The van der Waals surface area contributed by atoms with Crippen LogP contribution in [-0.2, 0) is 19.1 Å². The van der Waals surface area contributed by atoms with Crippen LogP contribution in [0.15, 0.2) is 24.3 Å². The number of carbonyl (C=O) groups excluding carboxylic acids is 3. The Labute approximate surface area is 145 Å². The normalized spacial score (nSPS) is 11.7. The number of hydrogen-bond acceptors (Lipinski definition) is 5. The number of amides is 2. The van der Waals surface area contributed by atoms with Crippen molar-refractivity contribution in [2.75, 3.05) is 26.9 Å². The van der Waals surface area contributed by atoms with Gasteiger partial charge in [-0.05, 0) is 18.1 Å². The maximum absolute atomic E-state index is 13.7. The Hall–Kier alpha value is -2.48. The Morgan fingerprint density at radius 3 is 2.48 bits per heavy atom. The van der Waals surface area contributed by atoms with Gasteiger partial charge in [0, 0.05) is 13.7 Å². The van der Waals surface area contributed by atoms with E-state index >= 15 is 0 Å². The number of benzene rings is 1. The van der Waals surface area contributed by atoms with E-state index in [4.69, 9.17) is 9.47 Å². The lowest BCUT2D eigenvalue weighted by atomic mass is 10.0. The maximum Gasteiger partial charge on any atom is 0.329 e. The lowest BCUT2D eigenvalue weighted by molar-refractivity contribution is -0.151. The molecular formula is C17H23FN2O5. The summed E-state index contributed by atoms with van der Waals surface area (Å²) in [6, 6.07) is 4.45. The fraction of sp³-hybridized carbons (Fsp3) is 0.471. The molecule has 0 saturated heterocycles. The largest absolute Gasteiger partial charge is 0.454 e. The first-order valence-corrected chi connectivity index (χ1v) is 7.84. The van der Waals surface area contributed by atoms with E-state index in [2.05, 4.69) is 10.6 Å². The predicted octanol–water partition coefficient (Wildman–Crippen LogP) is 0.886. The number of halogens is 1. The van der Waals surface area contributed by atoms with Gasteiger partial charge in [0.15, 0.2) is 6.61 Å². The van der Waals surface area contributed by atoms with Crippen LogP contribution in [0.25, 0.3) is 0 Å². The van der Waals surface area contributed by atoms with Gasteiger partial charge in [-0.1, -0.05) is 26.0 Å². The van der Waals surface area contributed by atoms with Crippen molar-refractivity contribution in [3.63, 3.8) is 0 Å². The van der Waals surface area contributed by atoms with E-state index in [0.29, 0.717) is 13.2 Å². The molecule has 0 aromatic heterocycles. The standard InChI is InChI=1S/C17H23FN2O5/c1-11(2)15(17(23)25-10-14(21)19-8-9-24-3)20-16(22)12-6-4-5-7-13(12)18/h4-7,11,15H,8-10H2,1-3H3,(H,19,21)(H,20,22)/t15-/m0/s1. The molecule has 0 unspecified atom stereocenters. The van der Waals surface area contributed by atoms with Crippen molar-refractivity contribution in [2.24, 2.45) is 5.92 Å². The maximum atomic E-state index is 13.7. The second-order valence-electron chi connectivity index (χ2n) is 5.63. The molecule has 25 heavy (non-hydrogen) atoms. The van der Waals surface area contributed by atoms with Crippen LogP contribution in [0.1, 0.15) is 24.2 Å². The Balaban J connectivity index is 2.61. The van der Waals surface area contributed by atoms with Gasteiger partial charge in [0.25, 0.3) is 11.8 Å². The molecule has 1 aromatic carbocycles. The van der Waals surface area contributed by atoms with Crippen LogP contribution >= 0.6 is 0 Å². The monoisotopic (exact) mass is 354 g/mol. The number of nitrogens with one attached hydrogen (secondary N) is 2. The Morgan fingerprint density at radius 1 is 1.20 bits per heavy atom. The Morgan fingerprint density at radius 2 is 1.88 bits per heavy atom. The summed E-state index contributed by atoms with van der Waals surface area (Å²) < 4.78 is 23.4. The van der Waals surface area contributed by atoms with Crippen molar-refractivity contribution in [2.45, 2.75) is 19.9 Å². The zero-order chi connectivity index (χ0) is 18.8. The number of carbonyl (C=O) groups is 3. The van der Waals surface area contributed by atoms with E-state index < -0.39 is 36.2 Å². The van der Waals surface area contributed by atoms with Gasteiger partial charge in [-0.15, -0.1) is 0 Å². The number of hydrogen-bond donors (Lipinski definition) is 2. The van der Waals surface area contributed by atoms with Gasteiger partial charge in [-0.2, -0.15) is 0 Å². The Bertz CT molecular complexity index is 606. The van der Waals surface area contributed by atoms with E-state index in [9.17, 15) is 18.8 Å². The number of methoxy groups -OCH3 is 1. The van der Waals surface area contributed by atoms with E-state index in [1.807, 2.05) is 0 Å². The highest BCUT2D eigenvalue weighted by atomic mass is 19.1. The molecule has 8 heteroatoms. The van der Waals surface area contributed by atoms with Crippen LogP contribution in [0.4, 0.5) is 4.39 Å². The summed E-state index contributed by atoms with van der Waals surface area (Å²) in [7, 11) is 1.50. The van der Waals surface area contributed by atoms with Crippen LogP contribution in [0.3, 0.4) is 0 Å². The first-order chi connectivity index (χ1) is 11.9. The summed E-state index contributed by atoms with van der Waals surface area (Å²) in [5, 5.41) is 4.95. The predicted molar refractivity (Wildman–Crippen MR) is 88.3 cm³/mol. The highest BCUT2D eigenvalue weighted by molar-refractivity contribution is 5.97. The number of esters is 1. The summed E-state index contributed by atoms with van der Waals surface area (Å²) in [4.78, 5) is 35.8. The van der Waals surface area contributed by atoms with Gasteiger partial charge in [-0.3, -0.25) is 9.59 Å². The van der Waals surface area contributed by atoms with Gasteiger partial charge in [-0.25, -0.2) is 9.18 Å². The van der Waals surface area contributed by atoms with Crippen LogP contribution in [-0.4, -0.2) is 50.7 Å². The molecule has 2 amide bonds. The van der Waals surface area contributed by atoms with Crippen LogP contribution in [0.2, 0.25) is 0 Å². The van der Waals surface area contributed by atoms with Crippen LogP contribution < -0.4 is 10.6 Å². The minimum Gasteiger partial charge on any atom is -0.454 e. The molecule has 138 valence electrons. The molecule has 2 N–H and O–H groups in total. The topological polar surface area (TPSA) is 93.7 Å². The third-order valence-electron chi connectivity index (χ3n) is 3.30. The fourth-order valence-electron chi connectivity index (χ4n) is 1.93. The zero-order valence-corrected chi connectivity index (χ0v) is 14.5. The average Bonchev–Trinajstić information content (AvgIpc) is 2.57. The molecule has 0 saturated carbocycles. The lowest BCUT2D eigenvalue weighted by Crippen LogP contribution is -2.46. The SMILES string of the molecule is COCCNC(=O)COC(=O)[C@@H](NC(=O)c1ccccc1F)C(C)C. The van der Waals surface area contributed by atoms with Crippen molar-refractivity contribution in [3.8, 4) is 0 Å². The van der Waals surface area contributed by atoms with Gasteiger partial charge in [0.1, 0.15) is 11.9 Å². The van der Waals surface area contributed by atoms with Gasteiger partial charge in [0.2, 0.25) is 0 Å². The molecule has 1 atom stereocenters. The van der Waals surface area contributed by atoms with Gasteiger partial charge in [0.05, 0.1) is 12.2 Å². The van der Waals surface area contributed by atoms with E-state index in [1.54, 1.807) is 13.8 Å². The molecule has 0 radical (unpaired) electrons. The molecule has 0 fully saturated rings. The van der Waals surface area contributed by atoms with E-state index in [1.165, 1.54) is 25.3 Å². The molecule has 0 aliphatic carbocycles. The second kappa shape index (κ2) is 10.4. The molecule has 0 aliphatic rings. The van der Waals surface area contributed by atoms with Crippen LogP contribution in [0, 0.1) is 11.7 Å². The molecular weight excluding hydrogens is 331 g/mol. The third kappa shape index (κ3) is 6.88. The number of rotatable bonds is 9. The quantitative estimate of drug-likeness (QED) is 0.507.